The lowest BCUT2D eigenvalue weighted by atomic mass is 10.2. The molecule has 5 heteroatoms. The monoisotopic (exact) mass is 243 g/mol. The van der Waals surface area contributed by atoms with E-state index >= 15 is 0 Å². The van der Waals surface area contributed by atoms with Gasteiger partial charge < -0.3 is 0 Å². The zero-order valence-corrected chi connectivity index (χ0v) is 10.8. The summed E-state index contributed by atoms with van der Waals surface area (Å²) in [6, 6.07) is 5.53. The van der Waals surface area contributed by atoms with Gasteiger partial charge in [-0.2, -0.15) is 0 Å². The van der Waals surface area contributed by atoms with E-state index in [1.807, 2.05) is 0 Å². The van der Waals surface area contributed by atoms with E-state index in [0.717, 1.165) is 11.6 Å². The molecule has 0 heterocycles. The van der Waals surface area contributed by atoms with Gasteiger partial charge in [0.2, 0.25) is 0 Å². The molecule has 15 heavy (non-hydrogen) atoms. The highest BCUT2D eigenvalue weighted by molar-refractivity contribution is 6.75. The van der Waals surface area contributed by atoms with E-state index in [0.29, 0.717) is 5.02 Å². The first-order valence-electron chi connectivity index (χ1n) is 4.72. The number of nitrogens with zero attached hydrogens (tertiary/aromatic N) is 1. The topological polar surface area (TPSA) is 43.1 Å². The van der Waals surface area contributed by atoms with Crippen molar-refractivity contribution in [2.75, 3.05) is 0 Å². The van der Waals surface area contributed by atoms with Crippen LogP contribution in [0, 0.1) is 10.1 Å². The molecule has 82 valence electrons. The first kappa shape index (κ1) is 12.2. The maximum atomic E-state index is 10.8. The summed E-state index contributed by atoms with van der Waals surface area (Å²) in [5.74, 6) is 0. The maximum Gasteiger partial charge on any atom is 0.272 e. The van der Waals surface area contributed by atoms with Crippen molar-refractivity contribution in [2.24, 2.45) is 0 Å². The molecule has 0 aliphatic rings. The molecule has 0 N–H and O–H groups in total. The van der Waals surface area contributed by atoms with Gasteiger partial charge in [-0.25, -0.2) is 0 Å². The predicted molar refractivity (Wildman–Crippen MR) is 65.2 cm³/mol. The number of benzene rings is 1. The third kappa shape index (κ3) is 3.64. The molecule has 0 atom stereocenters. The zero-order chi connectivity index (χ0) is 11.6. The third-order valence-corrected chi connectivity index (χ3v) is 3.64. The van der Waals surface area contributed by atoms with Crippen molar-refractivity contribution in [3.05, 3.63) is 38.9 Å². The Morgan fingerprint density at radius 2 is 2.00 bits per heavy atom. The SMILES string of the molecule is C[Si](C)(C)Cc1cc(Cl)ccc1[N+](=O)[O-]. The molecule has 1 aromatic rings. The molecule has 0 aliphatic heterocycles. The molecule has 0 saturated heterocycles. The molecule has 0 saturated carbocycles. The summed E-state index contributed by atoms with van der Waals surface area (Å²) in [6.45, 7) is 6.53. The first-order chi connectivity index (χ1) is 6.79. The molecule has 1 rings (SSSR count). The van der Waals surface area contributed by atoms with Gasteiger partial charge in [0.05, 0.1) is 4.92 Å². The maximum absolute atomic E-state index is 10.8. The van der Waals surface area contributed by atoms with Gasteiger partial charge >= 0.3 is 0 Å². The van der Waals surface area contributed by atoms with Crippen LogP contribution in [0.2, 0.25) is 24.7 Å². The highest BCUT2D eigenvalue weighted by Crippen LogP contribution is 2.25. The van der Waals surface area contributed by atoms with Crippen molar-refractivity contribution in [2.45, 2.75) is 25.7 Å². The minimum absolute atomic E-state index is 0.182. The van der Waals surface area contributed by atoms with Crippen molar-refractivity contribution in [3.63, 3.8) is 0 Å². The normalized spacial score (nSPS) is 11.5. The minimum Gasteiger partial charge on any atom is -0.258 e. The van der Waals surface area contributed by atoms with Crippen LogP contribution in [0.5, 0.6) is 0 Å². The Kier molecular flexibility index (Phi) is 3.52. The van der Waals surface area contributed by atoms with Gasteiger partial charge in [0, 0.05) is 24.7 Å². The molecule has 0 fully saturated rings. The second kappa shape index (κ2) is 4.33. The van der Waals surface area contributed by atoms with Crippen LogP contribution in [0.4, 0.5) is 5.69 Å². The summed E-state index contributed by atoms with van der Waals surface area (Å²) >= 11 is 5.84. The van der Waals surface area contributed by atoms with Gasteiger partial charge in [-0.15, -0.1) is 0 Å². The van der Waals surface area contributed by atoms with E-state index in [1.54, 1.807) is 12.1 Å². The molecular formula is C10H14ClNO2Si. The molecule has 0 aromatic heterocycles. The van der Waals surface area contributed by atoms with E-state index in [9.17, 15) is 10.1 Å². The minimum atomic E-state index is -1.36. The fraction of sp³-hybridized carbons (Fsp3) is 0.400. The Bertz CT molecular complexity index is 387. The largest absolute Gasteiger partial charge is 0.272 e. The Hall–Kier alpha value is -0.873. The van der Waals surface area contributed by atoms with Gasteiger partial charge in [0.15, 0.2) is 0 Å². The first-order valence-corrected chi connectivity index (χ1v) is 8.81. The summed E-state index contributed by atoms with van der Waals surface area (Å²) < 4.78 is 0. The van der Waals surface area contributed by atoms with Gasteiger partial charge in [0.1, 0.15) is 0 Å². The van der Waals surface area contributed by atoms with Crippen molar-refractivity contribution in [3.8, 4) is 0 Å². The summed E-state index contributed by atoms with van der Waals surface area (Å²) in [5, 5.41) is 11.4. The van der Waals surface area contributed by atoms with Crippen LogP contribution in [-0.2, 0) is 6.04 Å². The van der Waals surface area contributed by atoms with Crippen LogP contribution in [0.3, 0.4) is 0 Å². The highest BCUT2D eigenvalue weighted by atomic mass is 35.5. The van der Waals surface area contributed by atoms with E-state index in [-0.39, 0.29) is 10.6 Å². The average molecular weight is 244 g/mol. The fourth-order valence-corrected chi connectivity index (χ4v) is 3.07. The number of rotatable bonds is 3. The Labute approximate surface area is 95.2 Å². The molecule has 0 amide bonds. The van der Waals surface area contributed by atoms with Gasteiger partial charge in [-0.05, 0) is 18.2 Å². The standard InChI is InChI=1S/C10H14ClNO2Si/c1-15(2,3)7-8-6-9(11)4-5-10(8)12(13)14/h4-6H,7H2,1-3H3. The van der Waals surface area contributed by atoms with E-state index < -0.39 is 8.07 Å². The van der Waals surface area contributed by atoms with E-state index in [4.69, 9.17) is 11.6 Å². The molecule has 0 bridgehead atoms. The Morgan fingerprint density at radius 3 is 2.47 bits per heavy atom. The molecular weight excluding hydrogens is 230 g/mol. The fourth-order valence-electron chi connectivity index (χ4n) is 1.45. The molecule has 0 radical (unpaired) electrons. The average Bonchev–Trinajstić information content (AvgIpc) is 1.99. The van der Waals surface area contributed by atoms with Crippen molar-refractivity contribution in [1.82, 2.24) is 0 Å². The zero-order valence-electron chi connectivity index (χ0n) is 9.08. The highest BCUT2D eigenvalue weighted by Gasteiger charge is 2.21. The van der Waals surface area contributed by atoms with Crippen LogP contribution >= 0.6 is 11.6 Å². The summed E-state index contributed by atoms with van der Waals surface area (Å²) in [6.07, 6.45) is 0. The summed E-state index contributed by atoms with van der Waals surface area (Å²) in [4.78, 5) is 10.5. The number of nitro benzene ring substituents is 1. The Morgan fingerprint density at radius 1 is 1.40 bits per heavy atom. The molecule has 3 nitrogen and oxygen atoms in total. The van der Waals surface area contributed by atoms with Crippen molar-refractivity contribution < 1.29 is 4.92 Å². The number of halogens is 1. The van der Waals surface area contributed by atoms with E-state index in [2.05, 4.69) is 19.6 Å². The van der Waals surface area contributed by atoms with Crippen LogP contribution in [0.15, 0.2) is 18.2 Å². The molecule has 1 aromatic carbocycles. The Balaban J connectivity index is 3.13. The lowest BCUT2D eigenvalue weighted by molar-refractivity contribution is -0.385. The molecule has 0 aliphatic carbocycles. The van der Waals surface area contributed by atoms with Crippen LogP contribution in [-0.4, -0.2) is 13.0 Å². The summed E-state index contributed by atoms with van der Waals surface area (Å²) in [5.41, 5.74) is 0.938. The van der Waals surface area contributed by atoms with Crippen LogP contribution < -0.4 is 0 Å². The van der Waals surface area contributed by atoms with Gasteiger partial charge in [0.25, 0.3) is 5.69 Å². The van der Waals surface area contributed by atoms with E-state index in [1.165, 1.54) is 6.07 Å². The second-order valence-corrected chi connectivity index (χ2v) is 10.7. The van der Waals surface area contributed by atoms with Crippen molar-refractivity contribution >= 4 is 25.4 Å². The quantitative estimate of drug-likeness (QED) is 0.462. The lowest BCUT2D eigenvalue weighted by Crippen LogP contribution is -2.24. The third-order valence-electron chi connectivity index (χ3n) is 1.96. The molecule has 0 spiro atoms. The lowest BCUT2D eigenvalue weighted by Gasteiger charge is -2.15. The number of nitro groups is 1. The van der Waals surface area contributed by atoms with Crippen molar-refractivity contribution in [1.29, 1.82) is 0 Å². The molecule has 0 unspecified atom stereocenters. The van der Waals surface area contributed by atoms with Crippen LogP contribution in [0.25, 0.3) is 0 Å². The number of hydrogen-bond donors (Lipinski definition) is 0. The second-order valence-electron chi connectivity index (χ2n) is 4.77. The van der Waals surface area contributed by atoms with Gasteiger partial charge in [-0.1, -0.05) is 31.2 Å². The smallest absolute Gasteiger partial charge is 0.258 e. The number of hydrogen-bond acceptors (Lipinski definition) is 2. The van der Waals surface area contributed by atoms with Gasteiger partial charge in [-0.3, -0.25) is 10.1 Å². The summed E-state index contributed by atoms with van der Waals surface area (Å²) in [7, 11) is -1.36. The van der Waals surface area contributed by atoms with Crippen LogP contribution in [0.1, 0.15) is 5.56 Å². The predicted octanol–water partition coefficient (Wildman–Crippen LogP) is 3.67.